The molecule has 1 saturated heterocycles. The fourth-order valence-corrected chi connectivity index (χ4v) is 3.47. The number of ether oxygens (including phenoxy) is 1. The van der Waals surface area contributed by atoms with Gasteiger partial charge in [0.15, 0.2) is 0 Å². The number of methoxy groups -OCH3 is 1. The second-order valence-corrected chi connectivity index (χ2v) is 6.47. The van der Waals surface area contributed by atoms with Crippen molar-refractivity contribution < 1.29 is 9.53 Å². The molecule has 5 heteroatoms. The topological polar surface area (TPSA) is 47.4 Å². The number of carbonyl (C=O) groups excluding carboxylic acids is 1. The van der Waals surface area contributed by atoms with E-state index in [1.54, 1.807) is 13.3 Å². The van der Waals surface area contributed by atoms with Crippen LogP contribution in [0.25, 0.3) is 0 Å². The highest BCUT2D eigenvalue weighted by Gasteiger charge is 2.26. The first-order chi connectivity index (χ1) is 11.7. The molecule has 1 amide bonds. The van der Waals surface area contributed by atoms with Crippen LogP contribution in [0.4, 0.5) is 0 Å². The molecule has 0 saturated carbocycles. The summed E-state index contributed by atoms with van der Waals surface area (Å²) in [4.78, 5) is 14.7. The molecule has 24 heavy (non-hydrogen) atoms. The Bertz CT molecular complexity index is 669. The summed E-state index contributed by atoms with van der Waals surface area (Å²) in [6.45, 7) is 3.68. The van der Waals surface area contributed by atoms with Crippen LogP contribution in [0, 0.1) is 0 Å². The van der Waals surface area contributed by atoms with E-state index >= 15 is 0 Å². The van der Waals surface area contributed by atoms with Gasteiger partial charge < -0.3 is 9.64 Å². The van der Waals surface area contributed by atoms with E-state index in [0.29, 0.717) is 12.5 Å². The van der Waals surface area contributed by atoms with Crippen LogP contribution in [-0.2, 0) is 4.79 Å². The second kappa shape index (κ2) is 7.51. The van der Waals surface area contributed by atoms with Crippen molar-refractivity contribution in [1.82, 2.24) is 14.7 Å². The van der Waals surface area contributed by atoms with Crippen molar-refractivity contribution in [2.45, 2.75) is 38.1 Å². The molecule has 2 atom stereocenters. The van der Waals surface area contributed by atoms with Crippen molar-refractivity contribution in [2.24, 2.45) is 0 Å². The minimum absolute atomic E-state index is 0.138. The molecule has 0 unspecified atom stereocenters. The predicted molar refractivity (Wildman–Crippen MR) is 93.1 cm³/mol. The second-order valence-electron chi connectivity index (χ2n) is 6.47. The maximum Gasteiger partial charge on any atom is 0.223 e. The number of benzene rings is 1. The van der Waals surface area contributed by atoms with Gasteiger partial charge in [0, 0.05) is 31.9 Å². The quantitative estimate of drug-likeness (QED) is 0.847. The number of carbonyl (C=O) groups is 1. The Labute approximate surface area is 143 Å². The first kappa shape index (κ1) is 16.6. The Hall–Kier alpha value is -2.30. The van der Waals surface area contributed by atoms with E-state index in [1.807, 2.05) is 46.1 Å². The molecule has 1 aromatic carbocycles. The molecule has 2 heterocycles. The van der Waals surface area contributed by atoms with Crippen molar-refractivity contribution in [3.8, 4) is 5.75 Å². The standard InChI is InChI=1S/C19H25N3O2/c1-15(17-8-3-4-9-18(17)24-2)13-19(23)21-11-5-7-16(14-21)22-12-6-10-20-22/h3-4,6,8-10,12,15-16H,5,7,11,13-14H2,1-2H3/t15-,16-/m1/s1. The van der Waals surface area contributed by atoms with Gasteiger partial charge in [-0.3, -0.25) is 9.48 Å². The molecule has 5 nitrogen and oxygen atoms in total. The molecular weight excluding hydrogens is 302 g/mol. The first-order valence-electron chi connectivity index (χ1n) is 8.59. The summed E-state index contributed by atoms with van der Waals surface area (Å²) in [5.74, 6) is 1.20. The summed E-state index contributed by atoms with van der Waals surface area (Å²) in [6.07, 6.45) is 6.39. The van der Waals surface area contributed by atoms with Crippen LogP contribution in [0.3, 0.4) is 0 Å². The van der Waals surface area contributed by atoms with E-state index in [1.165, 1.54) is 0 Å². The van der Waals surface area contributed by atoms with Gasteiger partial charge in [-0.2, -0.15) is 5.10 Å². The fourth-order valence-electron chi connectivity index (χ4n) is 3.47. The highest BCUT2D eigenvalue weighted by molar-refractivity contribution is 5.77. The van der Waals surface area contributed by atoms with Crippen LogP contribution in [0.1, 0.15) is 43.7 Å². The molecule has 0 spiro atoms. The minimum atomic E-state index is 0.138. The highest BCUT2D eigenvalue weighted by Crippen LogP contribution is 2.30. The van der Waals surface area contributed by atoms with Gasteiger partial charge in [0.25, 0.3) is 0 Å². The zero-order valence-electron chi connectivity index (χ0n) is 14.4. The molecule has 128 valence electrons. The average Bonchev–Trinajstić information content (AvgIpc) is 3.16. The van der Waals surface area contributed by atoms with E-state index in [-0.39, 0.29) is 11.8 Å². The predicted octanol–water partition coefficient (Wildman–Crippen LogP) is 3.25. The van der Waals surface area contributed by atoms with E-state index < -0.39 is 0 Å². The molecule has 0 aliphatic carbocycles. The summed E-state index contributed by atoms with van der Waals surface area (Å²) < 4.78 is 7.40. The minimum Gasteiger partial charge on any atom is -0.496 e. The average molecular weight is 327 g/mol. The summed E-state index contributed by atoms with van der Waals surface area (Å²) in [6, 6.07) is 10.2. The van der Waals surface area contributed by atoms with Gasteiger partial charge in [0.2, 0.25) is 5.91 Å². The van der Waals surface area contributed by atoms with Crippen LogP contribution < -0.4 is 4.74 Å². The summed E-state index contributed by atoms with van der Waals surface area (Å²) >= 11 is 0. The van der Waals surface area contributed by atoms with Crippen molar-refractivity contribution in [3.05, 3.63) is 48.3 Å². The van der Waals surface area contributed by atoms with E-state index in [2.05, 4.69) is 12.0 Å². The van der Waals surface area contributed by atoms with Gasteiger partial charge in [-0.05, 0) is 36.5 Å². The summed E-state index contributed by atoms with van der Waals surface area (Å²) in [5, 5.41) is 4.33. The number of amides is 1. The zero-order valence-corrected chi connectivity index (χ0v) is 14.4. The maximum atomic E-state index is 12.8. The number of hydrogen-bond donors (Lipinski definition) is 0. The number of nitrogens with zero attached hydrogens (tertiary/aromatic N) is 3. The van der Waals surface area contributed by atoms with Gasteiger partial charge in [0.1, 0.15) is 5.75 Å². The molecule has 0 N–H and O–H groups in total. The normalized spacial score (nSPS) is 19.1. The Morgan fingerprint density at radius 3 is 2.96 bits per heavy atom. The lowest BCUT2D eigenvalue weighted by atomic mass is 9.95. The van der Waals surface area contributed by atoms with Crippen molar-refractivity contribution in [3.63, 3.8) is 0 Å². The third kappa shape index (κ3) is 3.61. The number of piperidine rings is 1. The van der Waals surface area contributed by atoms with Gasteiger partial charge >= 0.3 is 0 Å². The fraction of sp³-hybridized carbons (Fsp3) is 0.474. The Morgan fingerprint density at radius 2 is 2.21 bits per heavy atom. The molecule has 0 bridgehead atoms. The number of rotatable bonds is 5. The zero-order chi connectivity index (χ0) is 16.9. The number of hydrogen-bond acceptors (Lipinski definition) is 3. The van der Waals surface area contributed by atoms with E-state index in [0.717, 1.165) is 37.2 Å². The SMILES string of the molecule is COc1ccccc1[C@H](C)CC(=O)N1CCC[C@@H](n2cccn2)C1. The molecular formula is C19H25N3O2. The van der Waals surface area contributed by atoms with Crippen LogP contribution in [-0.4, -0.2) is 40.8 Å². The summed E-state index contributed by atoms with van der Waals surface area (Å²) in [5.41, 5.74) is 1.09. The van der Waals surface area contributed by atoms with E-state index in [4.69, 9.17) is 4.74 Å². The lowest BCUT2D eigenvalue weighted by Crippen LogP contribution is -2.41. The number of aromatic nitrogens is 2. The first-order valence-corrected chi connectivity index (χ1v) is 8.59. The monoisotopic (exact) mass is 327 g/mol. The van der Waals surface area contributed by atoms with E-state index in [9.17, 15) is 4.79 Å². The molecule has 1 aliphatic rings. The lowest BCUT2D eigenvalue weighted by Gasteiger charge is -2.33. The smallest absolute Gasteiger partial charge is 0.223 e. The third-order valence-electron chi connectivity index (χ3n) is 4.80. The Balaban J connectivity index is 1.64. The number of para-hydroxylation sites is 1. The van der Waals surface area contributed by atoms with Gasteiger partial charge in [-0.1, -0.05) is 25.1 Å². The van der Waals surface area contributed by atoms with Crippen LogP contribution >= 0.6 is 0 Å². The molecule has 0 radical (unpaired) electrons. The van der Waals surface area contributed by atoms with Crippen molar-refractivity contribution >= 4 is 5.91 Å². The molecule has 1 aliphatic heterocycles. The highest BCUT2D eigenvalue weighted by atomic mass is 16.5. The van der Waals surface area contributed by atoms with Crippen molar-refractivity contribution in [1.29, 1.82) is 0 Å². The lowest BCUT2D eigenvalue weighted by molar-refractivity contribution is -0.133. The molecule has 1 fully saturated rings. The number of likely N-dealkylation sites (tertiary alicyclic amines) is 1. The Morgan fingerprint density at radius 1 is 1.38 bits per heavy atom. The third-order valence-corrected chi connectivity index (χ3v) is 4.80. The Kier molecular flexibility index (Phi) is 5.18. The molecule has 3 rings (SSSR count). The molecule has 2 aromatic rings. The van der Waals surface area contributed by atoms with Crippen LogP contribution in [0.2, 0.25) is 0 Å². The van der Waals surface area contributed by atoms with Gasteiger partial charge in [0.05, 0.1) is 13.2 Å². The van der Waals surface area contributed by atoms with Gasteiger partial charge in [-0.25, -0.2) is 0 Å². The maximum absolute atomic E-state index is 12.8. The van der Waals surface area contributed by atoms with Crippen molar-refractivity contribution in [2.75, 3.05) is 20.2 Å². The van der Waals surface area contributed by atoms with Crippen LogP contribution in [0.15, 0.2) is 42.7 Å². The van der Waals surface area contributed by atoms with Gasteiger partial charge in [-0.15, -0.1) is 0 Å². The summed E-state index contributed by atoms with van der Waals surface area (Å²) in [7, 11) is 1.67. The largest absolute Gasteiger partial charge is 0.496 e. The molecule has 1 aromatic heterocycles. The van der Waals surface area contributed by atoms with Crippen LogP contribution in [0.5, 0.6) is 5.75 Å².